The number of hydrogen-bond acceptors (Lipinski definition) is 3. The van der Waals surface area contributed by atoms with Crippen LogP contribution < -0.4 is 9.64 Å². The lowest BCUT2D eigenvalue weighted by molar-refractivity contribution is -0.153. The minimum absolute atomic E-state index is 0.149. The van der Waals surface area contributed by atoms with Crippen molar-refractivity contribution < 1.29 is 22.7 Å². The number of alkyl halides is 3. The molecule has 0 saturated heterocycles. The zero-order valence-corrected chi connectivity index (χ0v) is 13.1. The molecule has 2 heterocycles. The molecule has 126 valence electrons. The second-order valence-electron chi connectivity index (χ2n) is 5.23. The van der Waals surface area contributed by atoms with Crippen molar-refractivity contribution in [3.8, 4) is 5.75 Å². The molecule has 1 aliphatic rings. The van der Waals surface area contributed by atoms with Gasteiger partial charge in [0.25, 0.3) is 5.91 Å². The number of amides is 1. The average molecular weight is 357 g/mol. The zero-order valence-electron chi connectivity index (χ0n) is 12.3. The molecular formula is C16H12ClF3N2O2. The van der Waals surface area contributed by atoms with Crippen LogP contribution in [0.1, 0.15) is 16.1 Å². The molecule has 1 amide bonds. The second-order valence-corrected chi connectivity index (χ2v) is 5.67. The molecule has 0 atom stereocenters. The Morgan fingerprint density at radius 1 is 1.33 bits per heavy atom. The molecule has 4 nitrogen and oxygen atoms in total. The van der Waals surface area contributed by atoms with E-state index in [4.69, 9.17) is 16.3 Å². The first-order valence-electron chi connectivity index (χ1n) is 7.10. The Bertz CT molecular complexity index is 780. The number of ether oxygens (including phenoxy) is 1. The number of hydrogen-bond donors (Lipinski definition) is 0. The SMILES string of the molecule is O=C(c1ncccc1OCC(F)(F)F)N1CCc2cc(Cl)ccc21. The quantitative estimate of drug-likeness (QED) is 0.838. The Morgan fingerprint density at radius 2 is 2.12 bits per heavy atom. The van der Waals surface area contributed by atoms with E-state index in [1.54, 1.807) is 18.2 Å². The highest BCUT2D eigenvalue weighted by Crippen LogP contribution is 2.32. The van der Waals surface area contributed by atoms with E-state index in [0.29, 0.717) is 23.7 Å². The van der Waals surface area contributed by atoms with Crippen molar-refractivity contribution in [2.45, 2.75) is 12.6 Å². The second kappa shape index (κ2) is 6.32. The van der Waals surface area contributed by atoms with Crippen LogP contribution in [-0.4, -0.2) is 30.2 Å². The third-order valence-electron chi connectivity index (χ3n) is 3.55. The number of rotatable bonds is 3. The van der Waals surface area contributed by atoms with Crippen molar-refractivity contribution in [1.82, 2.24) is 4.98 Å². The summed E-state index contributed by atoms with van der Waals surface area (Å²) < 4.78 is 41.8. The maximum atomic E-state index is 12.7. The van der Waals surface area contributed by atoms with Crippen molar-refractivity contribution in [3.05, 3.63) is 52.8 Å². The molecule has 8 heteroatoms. The lowest BCUT2D eigenvalue weighted by atomic mass is 10.2. The van der Waals surface area contributed by atoms with Gasteiger partial charge in [-0.25, -0.2) is 4.98 Å². The number of carbonyl (C=O) groups is 1. The number of carbonyl (C=O) groups excluding carboxylic acids is 1. The fourth-order valence-electron chi connectivity index (χ4n) is 2.54. The number of nitrogens with zero attached hydrogens (tertiary/aromatic N) is 2. The lowest BCUT2D eigenvalue weighted by Gasteiger charge is -2.19. The third kappa shape index (κ3) is 3.46. The van der Waals surface area contributed by atoms with Gasteiger partial charge in [-0.2, -0.15) is 13.2 Å². The zero-order chi connectivity index (χ0) is 17.3. The predicted molar refractivity (Wildman–Crippen MR) is 82.6 cm³/mol. The van der Waals surface area contributed by atoms with Gasteiger partial charge in [0.2, 0.25) is 0 Å². The molecule has 0 unspecified atom stereocenters. The summed E-state index contributed by atoms with van der Waals surface area (Å²) in [5, 5.41) is 0.565. The van der Waals surface area contributed by atoms with Crippen molar-refractivity contribution in [2.24, 2.45) is 0 Å². The molecule has 3 rings (SSSR count). The molecule has 1 aromatic carbocycles. The highest BCUT2D eigenvalue weighted by molar-refractivity contribution is 6.30. The molecule has 0 radical (unpaired) electrons. The number of halogens is 4. The van der Waals surface area contributed by atoms with Crippen LogP contribution in [0.25, 0.3) is 0 Å². The van der Waals surface area contributed by atoms with Crippen molar-refractivity contribution in [2.75, 3.05) is 18.1 Å². The van der Waals surface area contributed by atoms with Crippen LogP contribution in [0, 0.1) is 0 Å². The maximum Gasteiger partial charge on any atom is 0.422 e. The van der Waals surface area contributed by atoms with Gasteiger partial charge in [-0.1, -0.05) is 11.6 Å². The van der Waals surface area contributed by atoms with Gasteiger partial charge < -0.3 is 9.64 Å². The normalized spacial score (nSPS) is 13.8. The summed E-state index contributed by atoms with van der Waals surface area (Å²) in [5.41, 5.74) is 1.44. The number of benzene rings is 1. The van der Waals surface area contributed by atoms with E-state index >= 15 is 0 Å². The fraction of sp³-hybridized carbons (Fsp3) is 0.250. The Labute approximate surface area is 140 Å². The first kappa shape index (κ1) is 16.6. The topological polar surface area (TPSA) is 42.4 Å². The molecular weight excluding hydrogens is 345 g/mol. The molecule has 24 heavy (non-hydrogen) atoms. The van der Waals surface area contributed by atoms with E-state index < -0.39 is 18.7 Å². The summed E-state index contributed by atoms with van der Waals surface area (Å²) in [6.45, 7) is -1.07. The lowest BCUT2D eigenvalue weighted by Crippen LogP contribution is -2.30. The van der Waals surface area contributed by atoms with Crippen molar-refractivity contribution in [1.29, 1.82) is 0 Å². The minimum atomic E-state index is -4.49. The Kier molecular flexibility index (Phi) is 4.36. The number of anilines is 1. The Balaban J connectivity index is 1.87. The van der Waals surface area contributed by atoms with E-state index in [-0.39, 0.29) is 11.4 Å². The van der Waals surface area contributed by atoms with Crippen LogP contribution in [-0.2, 0) is 6.42 Å². The average Bonchev–Trinajstić information content (AvgIpc) is 2.94. The largest absolute Gasteiger partial charge is 0.482 e. The predicted octanol–water partition coefficient (Wildman–Crippen LogP) is 3.88. The van der Waals surface area contributed by atoms with E-state index in [9.17, 15) is 18.0 Å². The van der Waals surface area contributed by atoms with Gasteiger partial charge in [0, 0.05) is 23.5 Å². The van der Waals surface area contributed by atoms with Crippen LogP contribution in [0.5, 0.6) is 5.75 Å². The Hall–Kier alpha value is -2.28. The number of aromatic nitrogens is 1. The standard InChI is InChI=1S/C16H12ClF3N2O2/c17-11-3-4-12-10(8-11)5-7-22(12)15(23)14-13(2-1-6-21-14)24-9-16(18,19)20/h1-4,6,8H,5,7,9H2. The fourth-order valence-corrected chi connectivity index (χ4v) is 2.73. The number of pyridine rings is 1. The summed E-state index contributed by atoms with van der Waals surface area (Å²) in [4.78, 5) is 18.1. The first-order valence-corrected chi connectivity index (χ1v) is 7.48. The van der Waals surface area contributed by atoms with E-state index in [0.717, 1.165) is 5.56 Å². The minimum Gasteiger partial charge on any atom is -0.482 e. The van der Waals surface area contributed by atoms with Crippen LogP contribution in [0.3, 0.4) is 0 Å². The maximum absolute atomic E-state index is 12.7. The van der Waals surface area contributed by atoms with Crippen LogP contribution in [0.15, 0.2) is 36.5 Å². The summed E-state index contributed by atoms with van der Waals surface area (Å²) in [5.74, 6) is -0.698. The number of fused-ring (bicyclic) bond motifs is 1. The first-order chi connectivity index (χ1) is 11.3. The molecule has 0 spiro atoms. The molecule has 1 aliphatic heterocycles. The summed E-state index contributed by atoms with van der Waals surface area (Å²) in [6.07, 6.45) is -2.53. The van der Waals surface area contributed by atoms with E-state index in [1.165, 1.54) is 23.2 Å². The monoisotopic (exact) mass is 356 g/mol. The van der Waals surface area contributed by atoms with Crippen molar-refractivity contribution >= 4 is 23.2 Å². The molecule has 0 aliphatic carbocycles. The van der Waals surface area contributed by atoms with Gasteiger partial charge in [-0.15, -0.1) is 0 Å². The molecule has 0 bridgehead atoms. The van der Waals surface area contributed by atoms with Crippen LogP contribution in [0.4, 0.5) is 18.9 Å². The summed E-state index contributed by atoms with van der Waals surface area (Å²) in [6, 6.07) is 7.85. The van der Waals surface area contributed by atoms with Gasteiger partial charge in [0.05, 0.1) is 0 Å². The highest BCUT2D eigenvalue weighted by atomic mass is 35.5. The van der Waals surface area contributed by atoms with E-state index in [1.807, 2.05) is 0 Å². The van der Waals surface area contributed by atoms with E-state index in [2.05, 4.69) is 4.98 Å². The molecule has 2 aromatic rings. The van der Waals surface area contributed by atoms with Gasteiger partial charge in [0.1, 0.15) is 0 Å². The van der Waals surface area contributed by atoms with Crippen LogP contribution >= 0.6 is 11.6 Å². The summed E-state index contributed by atoms with van der Waals surface area (Å²) >= 11 is 5.93. The molecule has 0 saturated carbocycles. The van der Waals surface area contributed by atoms with Crippen LogP contribution in [0.2, 0.25) is 5.02 Å². The highest BCUT2D eigenvalue weighted by Gasteiger charge is 2.31. The Morgan fingerprint density at radius 3 is 2.88 bits per heavy atom. The molecule has 0 fully saturated rings. The van der Waals surface area contributed by atoms with Gasteiger partial charge >= 0.3 is 6.18 Å². The van der Waals surface area contributed by atoms with Gasteiger partial charge in [0.15, 0.2) is 18.1 Å². The molecule has 1 aromatic heterocycles. The van der Waals surface area contributed by atoms with Gasteiger partial charge in [-0.05, 0) is 42.3 Å². The van der Waals surface area contributed by atoms with Gasteiger partial charge in [-0.3, -0.25) is 4.79 Å². The smallest absolute Gasteiger partial charge is 0.422 e. The van der Waals surface area contributed by atoms with Crippen molar-refractivity contribution in [3.63, 3.8) is 0 Å². The summed E-state index contributed by atoms with van der Waals surface area (Å²) in [7, 11) is 0. The molecule has 0 N–H and O–H groups in total. The third-order valence-corrected chi connectivity index (χ3v) is 3.78.